The molecule has 0 saturated heterocycles. The lowest BCUT2D eigenvalue weighted by atomic mass is 10.2. The number of halogens is 1. The van der Waals surface area contributed by atoms with Crippen LogP contribution < -0.4 is 5.73 Å². The van der Waals surface area contributed by atoms with E-state index in [-0.39, 0.29) is 18.2 Å². The predicted molar refractivity (Wildman–Crippen MR) is 86.4 cm³/mol. The molecule has 0 amide bonds. The maximum Gasteiger partial charge on any atom is 0.180 e. The van der Waals surface area contributed by atoms with E-state index in [1.54, 1.807) is 18.3 Å². The van der Waals surface area contributed by atoms with Crippen LogP contribution in [0.4, 0.5) is 5.13 Å². The van der Waals surface area contributed by atoms with Crippen LogP contribution in [0, 0.1) is 0 Å². The van der Waals surface area contributed by atoms with Gasteiger partial charge in [-0.3, -0.25) is 4.90 Å². The SMILES string of the molecule is Cl.Nc1ncc(CN2CCS(=O)(=O)c3ccccc3C2)s1. The summed E-state index contributed by atoms with van der Waals surface area (Å²) >= 11 is 1.44. The zero-order chi connectivity index (χ0) is 14.2. The fourth-order valence-electron chi connectivity index (χ4n) is 2.37. The minimum atomic E-state index is -3.18. The molecule has 0 saturated carbocycles. The van der Waals surface area contributed by atoms with Gasteiger partial charge in [-0.1, -0.05) is 18.2 Å². The van der Waals surface area contributed by atoms with E-state index < -0.39 is 9.84 Å². The maximum absolute atomic E-state index is 12.2. The van der Waals surface area contributed by atoms with E-state index in [1.165, 1.54) is 11.3 Å². The number of sulfone groups is 1. The highest BCUT2D eigenvalue weighted by Gasteiger charge is 2.25. The lowest BCUT2D eigenvalue weighted by molar-refractivity contribution is 0.276. The van der Waals surface area contributed by atoms with E-state index in [9.17, 15) is 8.42 Å². The van der Waals surface area contributed by atoms with Gasteiger partial charge in [0, 0.05) is 30.7 Å². The van der Waals surface area contributed by atoms with E-state index in [1.807, 2.05) is 12.1 Å². The van der Waals surface area contributed by atoms with E-state index in [0.717, 1.165) is 10.4 Å². The van der Waals surface area contributed by atoms with Crippen LogP contribution in [0.15, 0.2) is 35.4 Å². The molecule has 0 fully saturated rings. The summed E-state index contributed by atoms with van der Waals surface area (Å²) in [5.41, 5.74) is 6.49. The molecule has 1 aliphatic heterocycles. The van der Waals surface area contributed by atoms with E-state index >= 15 is 0 Å². The Morgan fingerprint density at radius 1 is 1.33 bits per heavy atom. The normalized spacial score (nSPS) is 17.5. The van der Waals surface area contributed by atoms with Crippen molar-refractivity contribution in [2.45, 2.75) is 18.0 Å². The number of benzene rings is 1. The van der Waals surface area contributed by atoms with Crippen molar-refractivity contribution in [3.8, 4) is 0 Å². The van der Waals surface area contributed by atoms with Gasteiger partial charge in [0.05, 0.1) is 10.6 Å². The highest BCUT2D eigenvalue weighted by atomic mass is 35.5. The highest BCUT2D eigenvalue weighted by molar-refractivity contribution is 7.91. The van der Waals surface area contributed by atoms with Gasteiger partial charge in [-0.2, -0.15) is 0 Å². The summed E-state index contributed by atoms with van der Waals surface area (Å²) < 4.78 is 24.5. The number of nitrogen functional groups attached to an aromatic ring is 1. The van der Waals surface area contributed by atoms with Gasteiger partial charge in [0.25, 0.3) is 0 Å². The summed E-state index contributed by atoms with van der Waals surface area (Å²) in [6, 6.07) is 7.23. The molecule has 0 radical (unpaired) electrons. The number of aromatic nitrogens is 1. The third-order valence-corrected chi connectivity index (χ3v) is 5.93. The van der Waals surface area contributed by atoms with Gasteiger partial charge in [-0.15, -0.1) is 23.7 Å². The molecule has 2 aromatic rings. The van der Waals surface area contributed by atoms with Crippen molar-refractivity contribution in [3.63, 3.8) is 0 Å². The average Bonchev–Trinajstić information content (AvgIpc) is 2.76. The summed E-state index contributed by atoms with van der Waals surface area (Å²) in [7, 11) is -3.18. The van der Waals surface area contributed by atoms with Crippen LogP contribution in [0.1, 0.15) is 10.4 Å². The Labute approximate surface area is 134 Å². The molecule has 1 aromatic carbocycles. The molecule has 8 heteroatoms. The Kier molecular flexibility index (Phi) is 4.88. The van der Waals surface area contributed by atoms with Crippen LogP contribution >= 0.6 is 23.7 Å². The second kappa shape index (κ2) is 6.31. The summed E-state index contributed by atoms with van der Waals surface area (Å²) in [4.78, 5) is 7.67. The lowest BCUT2D eigenvalue weighted by Gasteiger charge is -2.18. The van der Waals surface area contributed by atoms with Crippen molar-refractivity contribution in [2.75, 3.05) is 18.0 Å². The van der Waals surface area contributed by atoms with Crippen LogP contribution in [0.3, 0.4) is 0 Å². The smallest absolute Gasteiger partial charge is 0.180 e. The Morgan fingerprint density at radius 3 is 2.81 bits per heavy atom. The quantitative estimate of drug-likeness (QED) is 0.900. The van der Waals surface area contributed by atoms with Gasteiger partial charge in [-0.25, -0.2) is 13.4 Å². The molecule has 3 rings (SSSR count). The summed E-state index contributed by atoms with van der Waals surface area (Å²) in [5.74, 6) is 0.151. The fraction of sp³-hybridized carbons (Fsp3) is 0.308. The molecule has 0 unspecified atom stereocenters. The van der Waals surface area contributed by atoms with Gasteiger partial charge in [0.2, 0.25) is 0 Å². The molecule has 2 heterocycles. The van der Waals surface area contributed by atoms with Crippen LogP contribution in [-0.4, -0.2) is 30.6 Å². The number of rotatable bonds is 2. The number of hydrogen-bond donors (Lipinski definition) is 1. The molecule has 0 spiro atoms. The third kappa shape index (κ3) is 3.55. The van der Waals surface area contributed by atoms with E-state index in [2.05, 4.69) is 9.88 Å². The molecule has 1 aromatic heterocycles. The van der Waals surface area contributed by atoms with Gasteiger partial charge in [0.1, 0.15) is 0 Å². The summed E-state index contributed by atoms with van der Waals surface area (Å²) in [6.45, 7) is 1.83. The minimum Gasteiger partial charge on any atom is -0.375 e. The number of anilines is 1. The Morgan fingerprint density at radius 2 is 2.10 bits per heavy atom. The topological polar surface area (TPSA) is 76.3 Å². The van der Waals surface area contributed by atoms with Crippen molar-refractivity contribution < 1.29 is 8.42 Å². The number of nitrogens with zero attached hydrogens (tertiary/aromatic N) is 2. The molecule has 114 valence electrons. The van der Waals surface area contributed by atoms with Gasteiger partial charge in [-0.05, 0) is 11.6 Å². The molecular formula is C13H16ClN3O2S2. The second-order valence-corrected chi connectivity index (χ2v) is 8.03. The zero-order valence-corrected chi connectivity index (χ0v) is 13.7. The summed E-state index contributed by atoms with van der Waals surface area (Å²) in [5, 5.41) is 0.544. The number of nitrogens with two attached hydrogens (primary N) is 1. The van der Waals surface area contributed by atoms with Gasteiger partial charge >= 0.3 is 0 Å². The van der Waals surface area contributed by atoms with E-state index in [0.29, 0.717) is 29.7 Å². The highest BCUT2D eigenvalue weighted by Crippen LogP contribution is 2.24. The largest absolute Gasteiger partial charge is 0.375 e. The van der Waals surface area contributed by atoms with Gasteiger partial charge in [0.15, 0.2) is 15.0 Å². The average molecular weight is 346 g/mol. The fourth-order valence-corrected chi connectivity index (χ4v) is 4.63. The second-order valence-electron chi connectivity index (χ2n) is 4.80. The minimum absolute atomic E-state index is 0. The van der Waals surface area contributed by atoms with Crippen molar-refractivity contribution in [1.29, 1.82) is 0 Å². The zero-order valence-electron chi connectivity index (χ0n) is 11.2. The molecular weight excluding hydrogens is 330 g/mol. The lowest BCUT2D eigenvalue weighted by Crippen LogP contribution is -2.25. The van der Waals surface area contributed by atoms with Crippen molar-refractivity contribution >= 4 is 38.7 Å². The first-order valence-electron chi connectivity index (χ1n) is 6.28. The first-order valence-corrected chi connectivity index (χ1v) is 8.75. The Balaban J connectivity index is 0.00000161. The summed E-state index contributed by atoms with van der Waals surface area (Å²) in [6.07, 6.45) is 1.76. The molecule has 0 bridgehead atoms. The number of thiazole rings is 1. The van der Waals surface area contributed by atoms with Crippen molar-refractivity contribution in [3.05, 3.63) is 40.9 Å². The first-order chi connectivity index (χ1) is 9.54. The standard InChI is InChI=1S/C13H15N3O2S2.ClH/c14-13-15-7-11(19-13)9-16-5-6-20(17,18)12-4-2-1-3-10(12)8-16;/h1-4,7H,5-6,8-9H2,(H2,14,15);1H. The monoisotopic (exact) mass is 345 g/mol. The molecule has 5 nitrogen and oxygen atoms in total. The Hall–Kier alpha value is -1.15. The van der Waals surface area contributed by atoms with Crippen LogP contribution in [0.2, 0.25) is 0 Å². The maximum atomic E-state index is 12.2. The van der Waals surface area contributed by atoms with Crippen molar-refractivity contribution in [1.82, 2.24) is 9.88 Å². The molecule has 0 atom stereocenters. The van der Waals surface area contributed by atoms with Crippen molar-refractivity contribution in [2.24, 2.45) is 0 Å². The van der Waals surface area contributed by atoms with Crippen LogP contribution in [0.25, 0.3) is 0 Å². The first kappa shape index (κ1) is 16.2. The van der Waals surface area contributed by atoms with Crippen LogP contribution in [-0.2, 0) is 22.9 Å². The number of fused-ring (bicyclic) bond motifs is 1. The van der Waals surface area contributed by atoms with Crippen LogP contribution in [0.5, 0.6) is 0 Å². The molecule has 2 N–H and O–H groups in total. The Bertz CT molecular complexity index is 731. The van der Waals surface area contributed by atoms with E-state index in [4.69, 9.17) is 5.73 Å². The molecule has 0 aliphatic carbocycles. The molecule has 1 aliphatic rings. The molecule has 21 heavy (non-hydrogen) atoms. The predicted octanol–water partition coefficient (Wildman–Crippen LogP) is 1.94. The third-order valence-electron chi connectivity index (χ3n) is 3.33. The van der Waals surface area contributed by atoms with Gasteiger partial charge < -0.3 is 5.73 Å². The number of hydrogen-bond acceptors (Lipinski definition) is 6.